The molecule has 0 aliphatic heterocycles. The first-order chi connectivity index (χ1) is 15.0. The van der Waals surface area contributed by atoms with Gasteiger partial charge in [-0.3, -0.25) is 0 Å². The Morgan fingerprint density at radius 1 is 0.971 bits per heavy atom. The normalized spacial score (nSPS) is 25.6. The molecule has 0 saturated heterocycles. The molecule has 1 fully saturated rings. The van der Waals surface area contributed by atoms with Crippen LogP contribution in [0.5, 0.6) is 0 Å². The molecule has 0 spiro atoms. The van der Waals surface area contributed by atoms with Crippen LogP contribution in [0.25, 0.3) is 0 Å². The van der Waals surface area contributed by atoms with Gasteiger partial charge in [0.15, 0.2) is 11.9 Å². The molecule has 6 heteroatoms. The second kappa shape index (κ2) is 10.3. The van der Waals surface area contributed by atoms with Crippen LogP contribution in [0.2, 0.25) is 0 Å². The van der Waals surface area contributed by atoms with Gasteiger partial charge in [-0.1, -0.05) is 69.2 Å². The smallest absolute Gasteiger partial charge is 0.356 e. The van der Waals surface area contributed by atoms with Crippen molar-refractivity contribution < 1.29 is 22.6 Å². The maximum absolute atomic E-state index is 14.4. The number of ether oxygens (including phenoxy) is 2. The second-order valence-corrected chi connectivity index (χ2v) is 14.1. The van der Waals surface area contributed by atoms with Crippen LogP contribution in [-0.2, 0) is 9.47 Å². The van der Waals surface area contributed by atoms with Gasteiger partial charge in [-0.15, -0.1) is 0 Å². The van der Waals surface area contributed by atoms with Gasteiger partial charge in [0.25, 0.3) is 0 Å². The lowest BCUT2D eigenvalue weighted by Gasteiger charge is -2.52. The zero-order valence-corrected chi connectivity index (χ0v) is 23.7. The summed E-state index contributed by atoms with van der Waals surface area (Å²) >= 11 is 0. The van der Waals surface area contributed by atoms with E-state index in [2.05, 4.69) is 75.3 Å². The third-order valence-corrected chi connectivity index (χ3v) is 8.74. The highest BCUT2D eigenvalue weighted by Gasteiger charge is 2.62. The van der Waals surface area contributed by atoms with E-state index in [9.17, 15) is 18.4 Å². The van der Waals surface area contributed by atoms with E-state index in [1.54, 1.807) is 0 Å². The van der Waals surface area contributed by atoms with E-state index >= 15 is 0 Å². The van der Waals surface area contributed by atoms with Crippen LogP contribution >= 0.6 is 0 Å². The Kier molecular flexibility index (Phi) is 9.45. The van der Waals surface area contributed by atoms with Crippen LogP contribution in [0, 0.1) is 50.7 Å². The number of nitrogens with zero attached hydrogens (tertiary/aromatic N) is 1. The Bertz CT molecular complexity index is 709. The molecule has 5 atom stereocenters. The third-order valence-electron chi connectivity index (χ3n) is 8.74. The third kappa shape index (κ3) is 7.12. The van der Waals surface area contributed by atoms with Crippen LogP contribution in [0.4, 0.5) is 13.2 Å². The van der Waals surface area contributed by atoms with E-state index in [1.165, 1.54) is 14.0 Å². The Labute approximate surface area is 207 Å². The topological polar surface area (TPSA) is 42.2 Å². The summed E-state index contributed by atoms with van der Waals surface area (Å²) in [6, 6.07) is 2.51. The van der Waals surface area contributed by atoms with E-state index in [0.29, 0.717) is 12.8 Å². The summed E-state index contributed by atoms with van der Waals surface area (Å²) in [5, 5.41) is 9.89. The summed E-state index contributed by atoms with van der Waals surface area (Å²) in [5.74, 6) is -0.220. The molecular weight excluding hydrogens is 439 g/mol. The van der Waals surface area contributed by atoms with Crippen molar-refractivity contribution in [1.29, 1.82) is 5.26 Å². The summed E-state index contributed by atoms with van der Waals surface area (Å²) in [6.45, 7) is 23.0. The molecule has 0 bridgehead atoms. The van der Waals surface area contributed by atoms with Crippen LogP contribution in [0.1, 0.15) is 108 Å². The summed E-state index contributed by atoms with van der Waals surface area (Å²) in [4.78, 5) is 0. The van der Waals surface area contributed by atoms with E-state index < -0.39 is 18.1 Å². The molecule has 1 aliphatic rings. The van der Waals surface area contributed by atoms with Crippen molar-refractivity contribution in [2.75, 3.05) is 7.11 Å². The van der Waals surface area contributed by atoms with Gasteiger partial charge in [0.05, 0.1) is 12.0 Å². The number of hydrogen-bond acceptors (Lipinski definition) is 3. The molecule has 3 nitrogen and oxygen atoms in total. The molecule has 34 heavy (non-hydrogen) atoms. The maximum atomic E-state index is 14.4. The Balaban J connectivity index is 3.42. The quantitative estimate of drug-likeness (QED) is 0.304. The predicted molar refractivity (Wildman–Crippen MR) is 132 cm³/mol. The number of halogens is 3. The highest BCUT2D eigenvalue weighted by molar-refractivity contribution is 5.05. The lowest BCUT2D eigenvalue weighted by Crippen LogP contribution is -2.49. The zero-order chi connectivity index (χ0) is 27.0. The molecule has 5 unspecified atom stereocenters. The molecule has 0 N–H and O–H groups in total. The Hall–Kier alpha value is -0.800. The minimum Gasteiger partial charge on any atom is -0.356 e. The molecule has 0 aromatic heterocycles. The first kappa shape index (κ1) is 31.2. The molecule has 1 saturated carbocycles. The average Bonchev–Trinajstić information content (AvgIpc) is 3.07. The van der Waals surface area contributed by atoms with Crippen molar-refractivity contribution >= 4 is 0 Å². The SMILES string of the molecule is COC(C)OC1(C(F)(F)F)CCC(C(CC(C)(C)C)C(C)(C)C(C)(C)CC(C#N)C(C)(C)C)C1. The molecule has 0 amide bonds. The van der Waals surface area contributed by atoms with Gasteiger partial charge < -0.3 is 9.47 Å². The van der Waals surface area contributed by atoms with Crippen LogP contribution < -0.4 is 0 Å². The van der Waals surface area contributed by atoms with Crippen LogP contribution in [0.3, 0.4) is 0 Å². The summed E-state index contributed by atoms with van der Waals surface area (Å²) < 4.78 is 53.7. The highest BCUT2D eigenvalue weighted by Crippen LogP contribution is 2.60. The monoisotopic (exact) mass is 489 g/mol. The molecule has 1 aliphatic carbocycles. The van der Waals surface area contributed by atoms with Gasteiger partial charge in [-0.05, 0) is 72.5 Å². The number of rotatable bonds is 9. The maximum Gasteiger partial charge on any atom is 0.417 e. The van der Waals surface area contributed by atoms with Crippen molar-refractivity contribution in [3.8, 4) is 6.07 Å². The summed E-state index contributed by atoms with van der Waals surface area (Å²) in [5.41, 5.74) is -2.92. The standard InChI is InChI=1S/C28H50F3NO2/c1-19(33-12)34-27(28(29,30)31)14-13-20(15-27)22(17-23(2,3)4)26(10,11)25(8,9)16-21(18-32)24(5,6)7/h19-22H,13-17H2,1-12H3. The van der Waals surface area contributed by atoms with Crippen molar-refractivity contribution in [2.24, 2.45) is 39.4 Å². The first-order valence-electron chi connectivity index (χ1n) is 12.7. The Morgan fingerprint density at radius 3 is 1.88 bits per heavy atom. The van der Waals surface area contributed by atoms with E-state index in [-0.39, 0.29) is 52.3 Å². The van der Waals surface area contributed by atoms with Gasteiger partial charge in [-0.2, -0.15) is 18.4 Å². The minimum atomic E-state index is -4.46. The first-order valence-corrected chi connectivity index (χ1v) is 12.7. The largest absolute Gasteiger partial charge is 0.417 e. The molecule has 0 radical (unpaired) electrons. The second-order valence-electron chi connectivity index (χ2n) is 14.1. The molecular formula is C28H50F3NO2. The number of hydrogen-bond donors (Lipinski definition) is 0. The average molecular weight is 490 g/mol. The van der Waals surface area contributed by atoms with Crippen molar-refractivity contribution in [2.45, 2.75) is 126 Å². The molecule has 200 valence electrons. The molecule has 0 aromatic rings. The van der Waals surface area contributed by atoms with Gasteiger partial charge >= 0.3 is 6.18 Å². The zero-order valence-electron chi connectivity index (χ0n) is 23.7. The predicted octanol–water partition coefficient (Wildman–Crippen LogP) is 8.78. The fourth-order valence-electron chi connectivity index (χ4n) is 5.68. The summed E-state index contributed by atoms with van der Waals surface area (Å²) in [6.07, 6.45) is -3.49. The van der Waals surface area contributed by atoms with E-state index in [0.717, 1.165) is 6.42 Å². The lowest BCUT2D eigenvalue weighted by atomic mass is 9.52. The van der Waals surface area contributed by atoms with E-state index in [4.69, 9.17) is 9.47 Å². The highest BCUT2D eigenvalue weighted by atomic mass is 19.4. The lowest BCUT2D eigenvalue weighted by molar-refractivity contribution is -0.316. The van der Waals surface area contributed by atoms with Crippen molar-refractivity contribution in [1.82, 2.24) is 0 Å². The fraction of sp³-hybridized carbons (Fsp3) is 0.964. The van der Waals surface area contributed by atoms with Gasteiger partial charge in [0, 0.05) is 7.11 Å². The van der Waals surface area contributed by atoms with Gasteiger partial charge in [0.1, 0.15) is 0 Å². The fourth-order valence-corrected chi connectivity index (χ4v) is 5.68. The van der Waals surface area contributed by atoms with Crippen LogP contribution in [0.15, 0.2) is 0 Å². The molecule has 0 heterocycles. The number of nitriles is 1. The molecule has 0 aromatic carbocycles. The number of alkyl halides is 3. The minimum absolute atomic E-state index is 0.0408. The Morgan fingerprint density at radius 2 is 1.50 bits per heavy atom. The molecule has 1 rings (SSSR count). The van der Waals surface area contributed by atoms with Crippen molar-refractivity contribution in [3.63, 3.8) is 0 Å². The van der Waals surface area contributed by atoms with Crippen molar-refractivity contribution in [3.05, 3.63) is 0 Å². The van der Waals surface area contributed by atoms with Gasteiger partial charge in [-0.25, -0.2) is 0 Å². The van der Waals surface area contributed by atoms with E-state index in [1.807, 2.05) is 0 Å². The summed E-state index contributed by atoms with van der Waals surface area (Å²) in [7, 11) is 1.37. The van der Waals surface area contributed by atoms with Crippen LogP contribution in [-0.4, -0.2) is 25.2 Å². The van der Waals surface area contributed by atoms with Gasteiger partial charge in [0.2, 0.25) is 0 Å². The number of methoxy groups -OCH3 is 1.